The van der Waals surface area contributed by atoms with E-state index in [-0.39, 0.29) is 0 Å². The molecule has 3 aromatic rings. The summed E-state index contributed by atoms with van der Waals surface area (Å²) in [7, 11) is 1.93. The predicted octanol–water partition coefficient (Wildman–Crippen LogP) is 1.98. The van der Waals surface area contributed by atoms with Crippen molar-refractivity contribution in [1.82, 2.24) is 23.7 Å². The van der Waals surface area contributed by atoms with E-state index in [4.69, 9.17) is 0 Å². The van der Waals surface area contributed by atoms with Gasteiger partial charge in [0.05, 0.1) is 12.4 Å². The summed E-state index contributed by atoms with van der Waals surface area (Å²) in [5, 5.41) is 6.19. The van der Waals surface area contributed by atoms with Crippen LogP contribution in [0.1, 0.15) is 5.56 Å². The Bertz CT molecular complexity index is 622. The predicted molar refractivity (Wildman–Crippen MR) is 70.2 cm³/mol. The van der Waals surface area contributed by atoms with Crippen molar-refractivity contribution in [3.63, 3.8) is 0 Å². The van der Waals surface area contributed by atoms with E-state index in [0.29, 0.717) is 0 Å². The monoisotopic (exact) mass is 259 g/mol. The molecule has 0 amide bonds. The van der Waals surface area contributed by atoms with E-state index in [9.17, 15) is 0 Å². The summed E-state index contributed by atoms with van der Waals surface area (Å²) >= 11 is 1.45. The van der Waals surface area contributed by atoms with Crippen LogP contribution < -0.4 is 0 Å². The second kappa shape index (κ2) is 4.73. The van der Waals surface area contributed by atoms with Crippen LogP contribution in [0.4, 0.5) is 0 Å². The van der Waals surface area contributed by atoms with Crippen LogP contribution in [0.3, 0.4) is 0 Å². The topological polar surface area (TPSA) is 48.5 Å². The highest BCUT2D eigenvalue weighted by Crippen LogP contribution is 2.18. The zero-order valence-electron chi connectivity index (χ0n) is 10.0. The van der Waals surface area contributed by atoms with Crippen LogP contribution in [-0.4, -0.2) is 23.7 Å². The van der Waals surface area contributed by atoms with Gasteiger partial charge >= 0.3 is 0 Å². The second-order valence-electron chi connectivity index (χ2n) is 4.13. The van der Waals surface area contributed by atoms with Gasteiger partial charge in [0.15, 0.2) is 0 Å². The van der Waals surface area contributed by atoms with Gasteiger partial charge in [-0.2, -0.15) is 5.10 Å². The molecule has 6 heteroatoms. The molecule has 0 unspecified atom stereocenters. The van der Waals surface area contributed by atoms with Crippen molar-refractivity contribution in [2.45, 2.75) is 13.0 Å². The van der Waals surface area contributed by atoms with Crippen molar-refractivity contribution in [2.24, 2.45) is 7.05 Å². The standard InChI is InChI=1S/C12H13N5S/c1-16-8-10(6-14-16)2-4-17-5-3-13-12(17)11-7-15-18-9-11/h3,5-9H,2,4H2,1H3. The third-order valence-electron chi connectivity index (χ3n) is 2.81. The molecule has 0 fully saturated rings. The Morgan fingerprint density at radius 1 is 1.33 bits per heavy atom. The van der Waals surface area contributed by atoms with Crippen molar-refractivity contribution in [1.29, 1.82) is 0 Å². The maximum absolute atomic E-state index is 4.38. The lowest BCUT2D eigenvalue weighted by molar-refractivity contribution is 0.702. The number of imidazole rings is 1. The van der Waals surface area contributed by atoms with Crippen LogP contribution >= 0.6 is 11.5 Å². The summed E-state index contributed by atoms with van der Waals surface area (Å²) in [5.74, 6) is 0.979. The van der Waals surface area contributed by atoms with Gasteiger partial charge in [-0.25, -0.2) is 9.36 Å². The first-order valence-electron chi connectivity index (χ1n) is 5.71. The maximum Gasteiger partial charge on any atom is 0.142 e. The van der Waals surface area contributed by atoms with Gasteiger partial charge in [0.25, 0.3) is 0 Å². The molecule has 5 nitrogen and oxygen atoms in total. The summed E-state index contributed by atoms with van der Waals surface area (Å²) in [6.07, 6.45) is 10.6. The van der Waals surface area contributed by atoms with Crippen LogP contribution in [-0.2, 0) is 20.0 Å². The fourth-order valence-corrected chi connectivity index (χ4v) is 2.43. The lowest BCUT2D eigenvalue weighted by Gasteiger charge is -2.04. The van der Waals surface area contributed by atoms with Gasteiger partial charge in [0.1, 0.15) is 5.82 Å². The molecule has 0 saturated carbocycles. The van der Waals surface area contributed by atoms with E-state index in [1.165, 1.54) is 17.1 Å². The van der Waals surface area contributed by atoms with E-state index in [2.05, 4.69) is 19.0 Å². The molecule has 0 atom stereocenters. The zero-order chi connectivity index (χ0) is 12.4. The van der Waals surface area contributed by atoms with Crippen molar-refractivity contribution in [3.8, 4) is 11.4 Å². The van der Waals surface area contributed by atoms with Crippen LogP contribution in [0, 0.1) is 0 Å². The quantitative estimate of drug-likeness (QED) is 0.720. The minimum absolute atomic E-state index is 0.900. The van der Waals surface area contributed by atoms with Crippen LogP contribution in [0.5, 0.6) is 0 Å². The fraction of sp³-hybridized carbons (Fsp3) is 0.250. The molecule has 18 heavy (non-hydrogen) atoms. The number of hydrogen-bond donors (Lipinski definition) is 0. The Labute approximate surface area is 109 Å². The molecule has 0 aromatic carbocycles. The fourth-order valence-electron chi connectivity index (χ4n) is 1.92. The largest absolute Gasteiger partial charge is 0.331 e. The van der Waals surface area contributed by atoms with Gasteiger partial charge in [-0.1, -0.05) is 0 Å². The van der Waals surface area contributed by atoms with Crippen LogP contribution in [0.2, 0.25) is 0 Å². The first-order chi connectivity index (χ1) is 8.83. The number of nitrogens with zero attached hydrogens (tertiary/aromatic N) is 5. The molecule has 0 spiro atoms. The maximum atomic E-state index is 4.38. The van der Waals surface area contributed by atoms with E-state index in [0.717, 1.165) is 24.4 Å². The molecule has 0 aliphatic rings. The average Bonchev–Trinajstić information content (AvgIpc) is 3.07. The van der Waals surface area contributed by atoms with Gasteiger partial charge < -0.3 is 4.57 Å². The molecule has 3 heterocycles. The van der Waals surface area contributed by atoms with Crippen molar-refractivity contribution in [2.75, 3.05) is 0 Å². The molecule has 3 aromatic heterocycles. The minimum atomic E-state index is 0.900. The molecule has 0 aliphatic heterocycles. The number of aromatic nitrogens is 5. The Morgan fingerprint density at radius 3 is 3.00 bits per heavy atom. The van der Waals surface area contributed by atoms with Crippen molar-refractivity contribution >= 4 is 11.5 Å². The lowest BCUT2D eigenvalue weighted by atomic mass is 10.2. The summed E-state index contributed by atoms with van der Waals surface area (Å²) in [5.41, 5.74) is 2.32. The van der Waals surface area contributed by atoms with Crippen molar-refractivity contribution in [3.05, 3.63) is 41.9 Å². The molecule has 0 N–H and O–H groups in total. The molecule has 92 valence electrons. The normalized spacial score (nSPS) is 10.9. The second-order valence-corrected chi connectivity index (χ2v) is 4.79. The molecule has 0 bridgehead atoms. The third kappa shape index (κ3) is 2.19. The van der Waals surface area contributed by atoms with E-state index in [1.807, 2.05) is 48.1 Å². The highest BCUT2D eigenvalue weighted by Gasteiger charge is 2.07. The molecular weight excluding hydrogens is 246 g/mol. The van der Waals surface area contributed by atoms with Gasteiger partial charge in [-0.05, 0) is 23.5 Å². The van der Waals surface area contributed by atoms with Crippen molar-refractivity contribution < 1.29 is 0 Å². The summed E-state index contributed by atoms with van der Waals surface area (Å²) < 4.78 is 8.09. The average molecular weight is 259 g/mol. The third-order valence-corrected chi connectivity index (χ3v) is 3.39. The smallest absolute Gasteiger partial charge is 0.142 e. The van der Waals surface area contributed by atoms with Crippen LogP contribution in [0.25, 0.3) is 11.4 Å². The highest BCUT2D eigenvalue weighted by atomic mass is 32.1. The molecule has 0 saturated heterocycles. The van der Waals surface area contributed by atoms with Crippen LogP contribution in [0.15, 0.2) is 36.4 Å². The summed E-state index contributed by atoms with van der Waals surface area (Å²) in [6, 6.07) is 0. The minimum Gasteiger partial charge on any atom is -0.331 e. The van der Waals surface area contributed by atoms with Gasteiger partial charge in [-0.3, -0.25) is 4.68 Å². The van der Waals surface area contributed by atoms with Gasteiger partial charge in [0.2, 0.25) is 0 Å². The summed E-state index contributed by atoms with van der Waals surface area (Å²) in [6.45, 7) is 0.900. The SMILES string of the molecule is Cn1cc(CCn2ccnc2-c2cnsc2)cn1. The van der Waals surface area contributed by atoms with Gasteiger partial charge in [0, 0.05) is 43.1 Å². The first kappa shape index (κ1) is 11.2. The Balaban J connectivity index is 1.76. The Hall–Kier alpha value is -1.95. The number of aryl methyl sites for hydroxylation is 3. The van der Waals surface area contributed by atoms with E-state index >= 15 is 0 Å². The zero-order valence-corrected chi connectivity index (χ0v) is 10.8. The lowest BCUT2D eigenvalue weighted by Crippen LogP contribution is -2.01. The number of hydrogen-bond acceptors (Lipinski definition) is 4. The molecule has 0 radical (unpaired) electrons. The van der Waals surface area contributed by atoms with E-state index in [1.54, 1.807) is 0 Å². The molecule has 3 rings (SSSR count). The summed E-state index contributed by atoms with van der Waals surface area (Å²) in [4.78, 5) is 4.38. The van der Waals surface area contributed by atoms with E-state index < -0.39 is 0 Å². The van der Waals surface area contributed by atoms with Gasteiger partial charge in [-0.15, -0.1) is 0 Å². The Kier molecular flexibility index (Phi) is 2.93. The first-order valence-corrected chi connectivity index (χ1v) is 6.55. The number of rotatable bonds is 4. The molecule has 0 aliphatic carbocycles. The molecular formula is C12H13N5S. The highest BCUT2D eigenvalue weighted by molar-refractivity contribution is 7.03. The Morgan fingerprint density at radius 2 is 2.28 bits per heavy atom.